The van der Waals surface area contributed by atoms with Crippen LogP contribution >= 0.6 is 11.3 Å². The third-order valence-electron chi connectivity index (χ3n) is 3.94. The summed E-state index contributed by atoms with van der Waals surface area (Å²) in [4.78, 5) is 16.3. The third-order valence-corrected chi connectivity index (χ3v) is 4.79. The van der Waals surface area contributed by atoms with E-state index in [1.807, 2.05) is 5.38 Å². The molecular formula is C18H21FN2O3S. The molecule has 0 spiro atoms. The molecule has 1 aliphatic heterocycles. The summed E-state index contributed by atoms with van der Waals surface area (Å²) in [5.74, 6) is -0.445. The van der Waals surface area contributed by atoms with E-state index in [4.69, 9.17) is 9.47 Å². The number of ether oxygens (including phenoxy) is 2. The fraction of sp³-hybridized carbons (Fsp3) is 0.444. The quantitative estimate of drug-likeness (QED) is 0.820. The fourth-order valence-electron chi connectivity index (χ4n) is 2.59. The lowest BCUT2D eigenvalue weighted by atomic mass is 10.1. The lowest BCUT2D eigenvalue weighted by Gasteiger charge is -2.22. The highest BCUT2D eigenvalue weighted by molar-refractivity contribution is 7.09. The first-order valence-electron chi connectivity index (χ1n) is 8.37. The summed E-state index contributed by atoms with van der Waals surface area (Å²) in [5, 5.41) is 5.48. The van der Waals surface area contributed by atoms with Gasteiger partial charge in [-0.2, -0.15) is 0 Å². The van der Waals surface area contributed by atoms with Crippen molar-refractivity contribution in [3.63, 3.8) is 0 Å². The average molecular weight is 364 g/mol. The van der Waals surface area contributed by atoms with E-state index in [2.05, 4.69) is 10.3 Å². The van der Waals surface area contributed by atoms with Gasteiger partial charge in [0.2, 0.25) is 5.91 Å². The Morgan fingerprint density at radius 1 is 1.36 bits per heavy atom. The molecular weight excluding hydrogens is 343 g/mol. The number of thiazole rings is 1. The van der Waals surface area contributed by atoms with Crippen molar-refractivity contribution < 1.29 is 18.7 Å². The van der Waals surface area contributed by atoms with E-state index < -0.39 is 0 Å². The zero-order valence-corrected chi connectivity index (χ0v) is 14.7. The van der Waals surface area contributed by atoms with Crippen molar-refractivity contribution in [3.05, 3.63) is 40.5 Å². The maximum atomic E-state index is 13.0. The second-order valence-electron chi connectivity index (χ2n) is 5.91. The molecule has 1 fully saturated rings. The molecule has 1 aromatic heterocycles. The van der Waals surface area contributed by atoms with Crippen LogP contribution in [-0.4, -0.2) is 36.8 Å². The van der Waals surface area contributed by atoms with Crippen LogP contribution in [0.15, 0.2) is 29.6 Å². The molecule has 1 N–H and O–H groups in total. The number of rotatable bonds is 7. The summed E-state index contributed by atoms with van der Waals surface area (Å²) in [6.45, 7) is 1.62. The number of nitrogens with one attached hydrogen (secondary N) is 1. The van der Waals surface area contributed by atoms with E-state index in [9.17, 15) is 9.18 Å². The van der Waals surface area contributed by atoms with E-state index in [-0.39, 0.29) is 24.4 Å². The van der Waals surface area contributed by atoms with Gasteiger partial charge >= 0.3 is 0 Å². The van der Waals surface area contributed by atoms with Crippen molar-refractivity contribution in [2.45, 2.75) is 31.9 Å². The monoisotopic (exact) mass is 364 g/mol. The van der Waals surface area contributed by atoms with Gasteiger partial charge in [-0.25, -0.2) is 9.37 Å². The number of carbonyl (C=O) groups excluding carboxylic acids is 1. The van der Waals surface area contributed by atoms with Gasteiger partial charge in [0.1, 0.15) is 17.4 Å². The van der Waals surface area contributed by atoms with Gasteiger partial charge in [-0.3, -0.25) is 4.79 Å². The average Bonchev–Trinajstić information content (AvgIpc) is 3.10. The molecule has 0 bridgehead atoms. The second-order valence-corrected chi connectivity index (χ2v) is 6.86. The Kier molecular flexibility index (Phi) is 6.49. The number of hydrogen-bond donors (Lipinski definition) is 1. The van der Waals surface area contributed by atoms with Crippen LogP contribution in [-0.2, 0) is 20.8 Å². The van der Waals surface area contributed by atoms with Crippen LogP contribution in [0.2, 0.25) is 0 Å². The zero-order valence-electron chi connectivity index (χ0n) is 13.9. The number of carbonyl (C=O) groups is 1. The SMILES string of the molecule is O=C(COC[C@@H]1CCCCO1)NCc1nc(-c2ccc(F)cc2)cs1. The molecule has 0 aliphatic carbocycles. The Morgan fingerprint density at radius 3 is 2.96 bits per heavy atom. The highest BCUT2D eigenvalue weighted by atomic mass is 32.1. The first-order valence-corrected chi connectivity index (χ1v) is 9.25. The summed E-state index contributed by atoms with van der Waals surface area (Å²) >= 11 is 1.46. The van der Waals surface area contributed by atoms with Gasteiger partial charge in [-0.15, -0.1) is 11.3 Å². The minimum absolute atomic E-state index is 0.0239. The minimum atomic E-state index is -0.273. The maximum Gasteiger partial charge on any atom is 0.246 e. The molecule has 1 saturated heterocycles. The molecule has 0 unspecified atom stereocenters. The van der Waals surface area contributed by atoms with Crippen LogP contribution in [0.4, 0.5) is 4.39 Å². The number of halogens is 1. The van der Waals surface area contributed by atoms with Crippen LogP contribution in [0.3, 0.4) is 0 Å². The first-order chi connectivity index (χ1) is 12.2. The molecule has 2 aromatic rings. The first kappa shape index (κ1) is 18.0. The number of aromatic nitrogens is 1. The molecule has 1 aliphatic rings. The Balaban J connectivity index is 1.39. The second kappa shape index (κ2) is 9.03. The van der Waals surface area contributed by atoms with Crippen LogP contribution in [0.25, 0.3) is 11.3 Å². The van der Waals surface area contributed by atoms with Crippen molar-refractivity contribution in [3.8, 4) is 11.3 Å². The van der Waals surface area contributed by atoms with Crippen LogP contribution < -0.4 is 5.32 Å². The Bertz CT molecular complexity index is 684. The van der Waals surface area contributed by atoms with Crippen LogP contribution in [0, 0.1) is 5.82 Å². The van der Waals surface area contributed by atoms with E-state index in [1.165, 1.54) is 23.5 Å². The molecule has 1 atom stereocenters. The van der Waals surface area contributed by atoms with Crippen LogP contribution in [0.5, 0.6) is 0 Å². The van der Waals surface area contributed by atoms with Crippen molar-refractivity contribution in [1.82, 2.24) is 10.3 Å². The van der Waals surface area contributed by atoms with E-state index >= 15 is 0 Å². The summed E-state index contributed by atoms with van der Waals surface area (Å²) in [6.07, 6.45) is 3.36. The van der Waals surface area contributed by atoms with E-state index in [1.54, 1.807) is 12.1 Å². The summed E-state index contributed by atoms with van der Waals surface area (Å²) < 4.78 is 23.9. The molecule has 0 saturated carbocycles. The molecule has 25 heavy (non-hydrogen) atoms. The Hall–Kier alpha value is -1.83. The number of benzene rings is 1. The van der Waals surface area contributed by atoms with Crippen molar-refractivity contribution >= 4 is 17.2 Å². The van der Waals surface area contributed by atoms with Gasteiger partial charge in [0.25, 0.3) is 0 Å². The van der Waals surface area contributed by atoms with Crippen molar-refractivity contribution in [2.75, 3.05) is 19.8 Å². The van der Waals surface area contributed by atoms with Crippen molar-refractivity contribution in [1.29, 1.82) is 0 Å². The lowest BCUT2D eigenvalue weighted by molar-refractivity contribution is -0.128. The molecule has 5 nitrogen and oxygen atoms in total. The van der Waals surface area contributed by atoms with Gasteiger partial charge in [0.05, 0.1) is 24.9 Å². The predicted octanol–water partition coefficient (Wildman–Crippen LogP) is 3.15. The van der Waals surface area contributed by atoms with Gasteiger partial charge in [-0.05, 0) is 43.5 Å². The largest absolute Gasteiger partial charge is 0.376 e. The molecule has 7 heteroatoms. The van der Waals surface area contributed by atoms with Crippen molar-refractivity contribution in [2.24, 2.45) is 0 Å². The number of amides is 1. The normalized spacial score (nSPS) is 17.4. The number of hydrogen-bond acceptors (Lipinski definition) is 5. The van der Waals surface area contributed by atoms with E-state index in [0.29, 0.717) is 13.2 Å². The highest BCUT2D eigenvalue weighted by Gasteiger charge is 2.14. The van der Waals surface area contributed by atoms with Gasteiger partial charge < -0.3 is 14.8 Å². The standard InChI is InChI=1S/C18H21FN2O3S/c19-14-6-4-13(5-7-14)16-12-25-18(21-16)9-20-17(22)11-23-10-15-3-1-2-8-24-15/h4-7,12,15H,1-3,8-11H2,(H,20,22)/t15-/m0/s1. The summed E-state index contributed by atoms with van der Waals surface area (Å²) in [6, 6.07) is 6.19. The van der Waals surface area contributed by atoms with Crippen LogP contribution in [0.1, 0.15) is 24.3 Å². The predicted molar refractivity (Wildman–Crippen MR) is 93.8 cm³/mol. The Labute approximate surface area is 150 Å². The maximum absolute atomic E-state index is 13.0. The Morgan fingerprint density at radius 2 is 2.20 bits per heavy atom. The molecule has 1 aromatic carbocycles. The highest BCUT2D eigenvalue weighted by Crippen LogP contribution is 2.22. The third kappa shape index (κ3) is 5.59. The number of nitrogens with zero attached hydrogens (tertiary/aromatic N) is 1. The minimum Gasteiger partial charge on any atom is -0.376 e. The molecule has 3 rings (SSSR count). The molecule has 0 radical (unpaired) electrons. The van der Waals surface area contributed by atoms with Gasteiger partial charge in [-0.1, -0.05) is 0 Å². The smallest absolute Gasteiger partial charge is 0.246 e. The summed E-state index contributed by atoms with van der Waals surface area (Å²) in [7, 11) is 0. The topological polar surface area (TPSA) is 60.5 Å². The van der Waals surface area contributed by atoms with Gasteiger partial charge in [0, 0.05) is 17.6 Å². The van der Waals surface area contributed by atoms with E-state index in [0.717, 1.165) is 42.1 Å². The molecule has 1 amide bonds. The fourth-order valence-corrected chi connectivity index (χ4v) is 3.34. The molecule has 134 valence electrons. The lowest BCUT2D eigenvalue weighted by Crippen LogP contribution is -2.30. The molecule has 2 heterocycles. The zero-order chi connectivity index (χ0) is 17.5. The van der Waals surface area contributed by atoms with Gasteiger partial charge in [0.15, 0.2) is 0 Å². The summed E-state index contributed by atoms with van der Waals surface area (Å²) in [5.41, 5.74) is 1.63.